The number of benzene rings is 1. The van der Waals surface area contributed by atoms with E-state index in [0.29, 0.717) is 21.7 Å². The predicted molar refractivity (Wildman–Crippen MR) is 97.1 cm³/mol. The minimum absolute atomic E-state index is 0.0941. The third kappa shape index (κ3) is 4.11. The zero-order chi connectivity index (χ0) is 19.6. The summed E-state index contributed by atoms with van der Waals surface area (Å²) in [6.45, 7) is 1.56. The van der Waals surface area contributed by atoms with E-state index in [2.05, 4.69) is 32.0 Å². The standard InChI is InChI=1S/C17H16BrFN4O4/c1-17(7-6-11-3-2-8-27-11)14(24)23(16(26)21-17)22-15(25)20-13-5-4-10(18)9-12(13)19/h2-5,8-9H,6-7H2,1H3,(H,21,26)(H2,20,22,25)/t17-/m0/s1. The van der Waals surface area contributed by atoms with Crippen LogP contribution in [0.2, 0.25) is 0 Å². The SMILES string of the molecule is C[C@@]1(CCc2ccco2)NC(=O)N(NC(=O)Nc2ccc(Br)cc2F)C1=O. The van der Waals surface area contributed by atoms with Crippen molar-refractivity contribution in [2.75, 3.05) is 5.32 Å². The van der Waals surface area contributed by atoms with E-state index in [-0.39, 0.29) is 12.1 Å². The summed E-state index contributed by atoms with van der Waals surface area (Å²) in [7, 11) is 0. The van der Waals surface area contributed by atoms with Gasteiger partial charge in [-0.3, -0.25) is 4.79 Å². The van der Waals surface area contributed by atoms with Crippen LogP contribution in [-0.2, 0) is 11.2 Å². The summed E-state index contributed by atoms with van der Waals surface area (Å²) in [6, 6.07) is 5.86. The lowest BCUT2D eigenvalue weighted by Gasteiger charge is -2.21. The number of anilines is 1. The van der Waals surface area contributed by atoms with Gasteiger partial charge in [-0.05, 0) is 43.7 Å². The van der Waals surface area contributed by atoms with E-state index >= 15 is 0 Å². The second kappa shape index (κ2) is 7.39. The summed E-state index contributed by atoms with van der Waals surface area (Å²) < 4.78 is 19.5. The minimum Gasteiger partial charge on any atom is -0.469 e. The van der Waals surface area contributed by atoms with Gasteiger partial charge in [0.25, 0.3) is 5.91 Å². The molecule has 10 heteroatoms. The average molecular weight is 439 g/mol. The molecule has 0 saturated carbocycles. The monoisotopic (exact) mass is 438 g/mol. The van der Waals surface area contributed by atoms with Crippen LogP contribution in [0.3, 0.4) is 0 Å². The molecule has 0 unspecified atom stereocenters. The Morgan fingerprint density at radius 3 is 2.81 bits per heavy atom. The number of nitrogens with one attached hydrogen (secondary N) is 3. The summed E-state index contributed by atoms with van der Waals surface area (Å²) in [5, 5.41) is 5.38. The number of urea groups is 2. The van der Waals surface area contributed by atoms with Gasteiger partial charge in [-0.25, -0.2) is 19.4 Å². The van der Waals surface area contributed by atoms with E-state index in [1.54, 1.807) is 19.1 Å². The molecule has 3 N–H and O–H groups in total. The molecule has 142 valence electrons. The van der Waals surface area contributed by atoms with Crippen LogP contribution in [0.4, 0.5) is 19.7 Å². The maximum Gasteiger partial charge on any atom is 0.344 e. The van der Waals surface area contributed by atoms with Crippen molar-refractivity contribution in [3.05, 3.63) is 52.6 Å². The van der Waals surface area contributed by atoms with Gasteiger partial charge in [-0.2, -0.15) is 5.01 Å². The molecule has 1 aromatic carbocycles. The van der Waals surface area contributed by atoms with E-state index in [1.165, 1.54) is 24.5 Å². The molecule has 1 atom stereocenters. The van der Waals surface area contributed by atoms with E-state index < -0.39 is 29.3 Å². The minimum atomic E-state index is -1.19. The Balaban J connectivity index is 1.63. The molecule has 0 aliphatic carbocycles. The molecule has 0 radical (unpaired) electrons. The fourth-order valence-electron chi connectivity index (χ4n) is 2.63. The number of carbonyl (C=O) groups is 3. The lowest BCUT2D eigenvalue weighted by molar-refractivity contribution is -0.132. The molecule has 0 bridgehead atoms. The Hall–Kier alpha value is -2.88. The van der Waals surface area contributed by atoms with Crippen LogP contribution in [0.25, 0.3) is 0 Å². The first-order chi connectivity index (χ1) is 12.8. The Bertz CT molecular complexity index is 889. The molecule has 27 heavy (non-hydrogen) atoms. The highest BCUT2D eigenvalue weighted by Crippen LogP contribution is 2.23. The van der Waals surface area contributed by atoms with Crippen molar-refractivity contribution in [3.63, 3.8) is 0 Å². The summed E-state index contributed by atoms with van der Waals surface area (Å²) >= 11 is 3.11. The number of rotatable bonds is 5. The van der Waals surface area contributed by atoms with E-state index in [1.807, 2.05) is 0 Å². The van der Waals surface area contributed by atoms with Gasteiger partial charge in [-0.1, -0.05) is 15.9 Å². The van der Waals surface area contributed by atoms with Crippen LogP contribution in [0, 0.1) is 5.82 Å². The van der Waals surface area contributed by atoms with E-state index in [9.17, 15) is 18.8 Å². The van der Waals surface area contributed by atoms with Crippen molar-refractivity contribution in [1.29, 1.82) is 0 Å². The molecular formula is C17H16BrFN4O4. The summed E-state index contributed by atoms with van der Waals surface area (Å²) in [5.74, 6) is -0.612. The van der Waals surface area contributed by atoms with Crippen LogP contribution in [-0.4, -0.2) is 28.5 Å². The molecule has 1 aliphatic rings. The number of amides is 5. The molecular weight excluding hydrogens is 423 g/mol. The summed E-state index contributed by atoms with van der Waals surface area (Å²) in [5.41, 5.74) is 0.848. The Morgan fingerprint density at radius 1 is 1.37 bits per heavy atom. The number of imide groups is 1. The van der Waals surface area contributed by atoms with Crippen LogP contribution in [0.1, 0.15) is 19.1 Å². The van der Waals surface area contributed by atoms with Crippen molar-refractivity contribution in [2.24, 2.45) is 0 Å². The highest BCUT2D eigenvalue weighted by molar-refractivity contribution is 9.10. The second-order valence-electron chi connectivity index (χ2n) is 6.17. The first-order valence-electron chi connectivity index (χ1n) is 8.00. The quantitative estimate of drug-likeness (QED) is 0.623. The topological polar surface area (TPSA) is 104 Å². The fourth-order valence-corrected chi connectivity index (χ4v) is 2.96. The average Bonchev–Trinajstić information content (AvgIpc) is 3.19. The highest BCUT2D eigenvalue weighted by atomic mass is 79.9. The lowest BCUT2D eigenvalue weighted by Crippen LogP contribution is -2.50. The fraction of sp³-hybridized carbons (Fsp3) is 0.235. The molecule has 8 nitrogen and oxygen atoms in total. The first kappa shape index (κ1) is 18.9. The molecule has 5 amide bonds. The third-order valence-corrected chi connectivity index (χ3v) is 4.60. The number of carbonyl (C=O) groups excluding carboxylic acids is 3. The van der Waals surface area contributed by atoms with Gasteiger partial charge < -0.3 is 15.1 Å². The van der Waals surface area contributed by atoms with Gasteiger partial charge >= 0.3 is 12.1 Å². The molecule has 3 rings (SSSR count). The van der Waals surface area contributed by atoms with Crippen LogP contribution >= 0.6 is 15.9 Å². The van der Waals surface area contributed by atoms with Crippen molar-refractivity contribution in [3.8, 4) is 0 Å². The summed E-state index contributed by atoms with van der Waals surface area (Å²) in [4.78, 5) is 36.8. The molecule has 1 saturated heterocycles. The van der Waals surface area contributed by atoms with Crippen molar-refractivity contribution in [1.82, 2.24) is 15.8 Å². The first-order valence-corrected chi connectivity index (χ1v) is 8.79. The third-order valence-electron chi connectivity index (χ3n) is 4.11. The van der Waals surface area contributed by atoms with Gasteiger partial charge in [0.1, 0.15) is 17.1 Å². The molecule has 1 aliphatic heterocycles. The maximum absolute atomic E-state index is 13.8. The van der Waals surface area contributed by atoms with Gasteiger partial charge in [0.15, 0.2) is 0 Å². The van der Waals surface area contributed by atoms with E-state index in [4.69, 9.17) is 4.42 Å². The normalized spacial score (nSPS) is 19.1. The smallest absolute Gasteiger partial charge is 0.344 e. The number of hydrogen-bond acceptors (Lipinski definition) is 4. The molecule has 1 fully saturated rings. The van der Waals surface area contributed by atoms with E-state index in [0.717, 1.165) is 0 Å². The zero-order valence-corrected chi connectivity index (χ0v) is 15.8. The number of nitrogens with zero attached hydrogens (tertiary/aromatic N) is 1. The number of hydrazine groups is 1. The Morgan fingerprint density at radius 2 is 2.15 bits per heavy atom. The summed E-state index contributed by atoms with van der Waals surface area (Å²) in [6.07, 6.45) is 2.23. The van der Waals surface area contributed by atoms with Crippen molar-refractivity contribution >= 4 is 39.6 Å². The Labute approximate surface area is 162 Å². The second-order valence-corrected chi connectivity index (χ2v) is 7.09. The van der Waals surface area contributed by atoms with Crippen molar-refractivity contribution < 1.29 is 23.2 Å². The number of aryl methyl sites for hydroxylation is 1. The molecule has 2 aromatic rings. The lowest BCUT2D eigenvalue weighted by atomic mass is 9.95. The molecule has 0 spiro atoms. The van der Waals surface area contributed by atoms with Gasteiger partial charge in [-0.15, -0.1) is 0 Å². The zero-order valence-electron chi connectivity index (χ0n) is 14.2. The van der Waals surface area contributed by atoms with Gasteiger partial charge in [0, 0.05) is 10.9 Å². The predicted octanol–water partition coefficient (Wildman–Crippen LogP) is 3.16. The van der Waals surface area contributed by atoms with Crippen LogP contribution < -0.4 is 16.1 Å². The maximum atomic E-state index is 13.8. The van der Waals surface area contributed by atoms with Gasteiger partial charge in [0.05, 0.1) is 12.0 Å². The molecule has 2 heterocycles. The Kier molecular flexibility index (Phi) is 5.17. The largest absolute Gasteiger partial charge is 0.469 e. The number of furan rings is 1. The molecule has 1 aromatic heterocycles. The van der Waals surface area contributed by atoms with Crippen LogP contribution in [0.15, 0.2) is 45.5 Å². The van der Waals surface area contributed by atoms with Gasteiger partial charge in [0.2, 0.25) is 0 Å². The number of hydrogen-bond donors (Lipinski definition) is 3. The van der Waals surface area contributed by atoms with Crippen LogP contribution in [0.5, 0.6) is 0 Å². The highest BCUT2D eigenvalue weighted by Gasteiger charge is 2.48. The van der Waals surface area contributed by atoms with Crippen molar-refractivity contribution in [2.45, 2.75) is 25.3 Å². The number of halogens is 2.